The SMILES string of the molecule is COc1ccccc1NC(=O)COc1c(Cl)cc(C=O)cc1OC. The van der Waals surface area contributed by atoms with Crippen LogP contribution in [0.15, 0.2) is 36.4 Å². The van der Waals surface area contributed by atoms with Gasteiger partial charge in [0.15, 0.2) is 18.1 Å². The molecule has 0 saturated heterocycles. The molecule has 7 heteroatoms. The quantitative estimate of drug-likeness (QED) is 0.777. The van der Waals surface area contributed by atoms with Gasteiger partial charge in [-0.3, -0.25) is 9.59 Å². The minimum absolute atomic E-state index is 0.182. The summed E-state index contributed by atoms with van der Waals surface area (Å²) >= 11 is 6.07. The minimum atomic E-state index is -0.392. The Kier molecular flexibility index (Phi) is 6.03. The van der Waals surface area contributed by atoms with Crippen molar-refractivity contribution in [3.8, 4) is 17.2 Å². The van der Waals surface area contributed by atoms with Gasteiger partial charge in [0, 0.05) is 5.56 Å². The number of halogens is 1. The number of amides is 1. The van der Waals surface area contributed by atoms with Gasteiger partial charge in [-0.25, -0.2) is 0 Å². The summed E-state index contributed by atoms with van der Waals surface area (Å²) in [7, 11) is 2.93. The molecule has 1 amide bonds. The lowest BCUT2D eigenvalue weighted by molar-refractivity contribution is -0.118. The minimum Gasteiger partial charge on any atom is -0.495 e. The van der Waals surface area contributed by atoms with Crippen LogP contribution in [0.4, 0.5) is 5.69 Å². The number of ether oxygens (including phenoxy) is 3. The largest absolute Gasteiger partial charge is 0.495 e. The Bertz CT molecular complexity index is 748. The van der Waals surface area contributed by atoms with Gasteiger partial charge in [0.25, 0.3) is 5.91 Å². The molecule has 126 valence electrons. The molecule has 2 aromatic carbocycles. The van der Waals surface area contributed by atoms with Crippen molar-refractivity contribution >= 4 is 29.5 Å². The summed E-state index contributed by atoms with van der Waals surface area (Å²) in [5.74, 6) is 0.614. The van der Waals surface area contributed by atoms with E-state index in [1.54, 1.807) is 24.3 Å². The van der Waals surface area contributed by atoms with Crippen LogP contribution < -0.4 is 19.5 Å². The predicted molar refractivity (Wildman–Crippen MR) is 90.5 cm³/mol. The van der Waals surface area contributed by atoms with Crippen LogP contribution in [0.1, 0.15) is 10.4 Å². The van der Waals surface area contributed by atoms with Crippen molar-refractivity contribution in [1.82, 2.24) is 0 Å². The zero-order valence-corrected chi connectivity index (χ0v) is 13.9. The number of rotatable bonds is 7. The first-order valence-corrected chi connectivity index (χ1v) is 7.35. The van der Waals surface area contributed by atoms with Gasteiger partial charge >= 0.3 is 0 Å². The van der Waals surface area contributed by atoms with Gasteiger partial charge in [0.1, 0.15) is 12.0 Å². The van der Waals surface area contributed by atoms with Crippen molar-refractivity contribution in [3.05, 3.63) is 47.0 Å². The lowest BCUT2D eigenvalue weighted by Crippen LogP contribution is -2.20. The third-order valence-electron chi connectivity index (χ3n) is 3.12. The van der Waals surface area contributed by atoms with E-state index in [0.29, 0.717) is 23.3 Å². The predicted octanol–water partition coefficient (Wildman–Crippen LogP) is 3.19. The molecule has 24 heavy (non-hydrogen) atoms. The van der Waals surface area contributed by atoms with Crippen molar-refractivity contribution in [2.45, 2.75) is 0 Å². The molecule has 0 atom stereocenters. The normalized spacial score (nSPS) is 9.96. The second-order valence-corrected chi connectivity index (χ2v) is 5.10. The van der Waals surface area contributed by atoms with E-state index in [9.17, 15) is 9.59 Å². The van der Waals surface area contributed by atoms with E-state index in [0.717, 1.165) is 0 Å². The Balaban J connectivity index is 2.08. The summed E-state index contributed by atoms with van der Waals surface area (Å²) in [6.45, 7) is -0.283. The fourth-order valence-electron chi connectivity index (χ4n) is 2.02. The van der Waals surface area contributed by atoms with Crippen molar-refractivity contribution in [3.63, 3.8) is 0 Å². The first-order chi connectivity index (χ1) is 11.6. The van der Waals surface area contributed by atoms with Crippen molar-refractivity contribution in [2.24, 2.45) is 0 Å². The van der Waals surface area contributed by atoms with Crippen molar-refractivity contribution < 1.29 is 23.8 Å². The number of carbonyl (C=O) groups excluding carboxylic acids is 2. The van der Waals surface area contributed by atoms with E-state index >= 15 is 0 Å². The van der Waals surface area contributed by atoms with E-state index in [4.69, 9.17) is 25.8 Å². The summed E-state index contributed by atoms with van der Waals surface area (Å²) in [5.41, 5.74) is 0.880. The van der Waals surface area contributed by atoms with Gasteiger partial charge in [-0.1, -0.05) is 23.7 Å². The highest BCUT2D eigenvalue weighted by molar-refractivity contribution is 6.32. The smallest absolute Gasteiger partial charge is 0.262 e. The number of hydrogen-bond donors (Lipinski definition) is 1. The molecule has 0 aliphatic rings. The molecule has 1 N–H and O–H groups in total. The van der Waals surface area contributed by atoms with Crippen molar-refractivity contribution in [1.29, 1.82) is 0 Å². The number of nitrogens with one attached hydrogen (secondary N) is 1. The highest BCUT2D eigenvalue weighted by Gasteiger charge is 2.14. The van der Waals surface area contributed by atoms with Crippen LogP contribution in [-0.4, -0.2) is 33.0 Å². The zero-order valence-electron chi connectivity index (χ0n) is 13.2. The average Bonchev–Trinajstić information content (AvgIpc) is 2.60. The Morgan fingerprint density at radius 2 is 1.88 bits per heavy atom. The third kappa shape index (κ3) is 4.17. The van der Waals surface area contributed by atoms with E-state index in [2.05, 4.69) is 5.32 Å². The molecule has 0 heterocycles. The summed E-state index contributed by atoms with van der Waals surface area (Å²) in [6, 6.07) is 9.93. The molecule has 0 radical (unpaired) electrons. The zero-order chi connectivity index (χ0) is 17.5. The highest BCUT2D eigenvalue weighted by atomic mass is 35.5. The average molecular weight is 350 g/mol. The van der Waals surface area contributed by atoms with Gasteiger partial charge in [-0.15, -0.1) is 0 Å². The first-order valence-electron chi connectivity index (χ1n) is 6.97. The monoisotopic (exact) mass is 349 g/mol. The molecular weight excluding hydrogens is 334 g/mol. The maximum Gasteiger partial charge on any atom is 0.262 e. The Hall–Kier alpha value is -2.73. The number of carbonyl (C=O) groups is 2. The number of aldehydes is 1. The highest BCUT2D eigenvalue weighted by Crippen LogP contribution is 2.36. The molecule has 0 saturated carbocycles. The molecule has 0 bridgehead atoms. The Morgan fingerprint density at radius 1 is 1.17 bits per heavy atom. The lowest BCUT2D eigenvalue weighted by atomic mass is 10.2. The molecule has 6 nitrogen and oxygen atoms in total. The molecule has 0 unspecified atom stereocenters. The van der Waals surface area contributed by atoms with Gasteiger partial charge in [-0.2, -0.15) is 0 Å². The number of para-hydroxylation sites is 2. The van der Waals surface area contributed by atoms with Gasteiger partial charge in [-0.05, 0) is 24.3 Å². The number of methoxy groups -OCH3 is 2. The topological polar surface area (TPSA) is 73.9 Å². The lowest BCUT2D eigenvalue weighted by Gasteiger charge is -2.14. The Labute approximate surface area is 144 Å². The van der Waals surface area contributed by atoms with E-state index in [1.165, 1.54) is 26.4 Å². The van der Waals surface area contributed by atoms with Crippen molar-refractivity contribution in [2.75, 3.05) is 26.1 Å². The maximum atomic E-state index is 12.1. The summed E-state index contributed by atoms with van der Waals surface area (Å²) in [4.78, 5) is 22.9. The standard InChI is InChI=1S/C17H16ClNO5/c1-22-14-6-4-3-5-13(14)19-16(21)10-24-17-12(18)7-11(9-20)8-15(17)23-2/h3-9H,10H2,1-2H3,(H,19,21). The van der Waals surface area contributed by atoms with Gasteiger partial charge in [0.2, 0.25) is 0 Å². The number of benzene rings is 2. The summed E-state index contributed by atoms with van der Waals surface area (Å²) in [6.07, 6.45) is 0.645. The van der Waals surface area contributed by atoms with Crippen LogP contribution >= 0.6 is 11.6 Å². The molecule has 0 aliphatic heterocycles. The van der Waals surface area contributed by atoms with Crippen LogP contribution in [0.25, 0.3) is 0 Å². The van der Waals surface area contributed by atoms with E-state index < -0.39 is 5.91 Å². The molecule has 0 spiro atoms. The van der Waals surface area contributed by atoms with E-state index in [1.807, 2.05) is 0 Å². The van der Waals surface area contributed by atoms with Crippen LogP contribution in [0.2, 0.25) is 5.02 Å². The second-order valence-electron chi connectivity index (χ2n) is 4.69. The van der Waals surface area contributed by atoms with Crippen LogP contribution in [0.5, 0.6) is 17.2 Å². The Morgan fingerprint density at radius 3 is 2.54 bits per heavy atom. The third-order valence-corrected chi connectivity index (χ3v) is 3.40. The summed E-state index contributed by atoms with van der Waals surface area (Å²) < 4.78 is 15.7. The molecule has 2 rings (SSSR count). The maximum absolute atomic E-state index is 12.1. The summed E-state index contributed by atoms with van der Waals surface area (Å²) in [5, 5.41) is 2.86. The first kappa shape index (κ1) is 17.6. The molecular formula is C17H16ClNO5. The number of hydrogen-bond acceptors (Lipinski definition) is 5. The van der Waals surface area contributed by atoms with E-state index in [-0.39, 0.29) is 23.1 Å². The van der Waals surface area contributed by atoms with Gasteiger partial charge in [0.05, 0.1) is 24.9 Å². The number of anilines is 1. The molecule has 0 aromatic heterocycles. The molecule has 0 fully saturated rings. The fourth-order valence-corrected chi connectivity index (χ4v) is 2.29. The van der Waals surface area contributed by atoms with Crippen LogP contribution in [-0.2, 0) is 4.79 Å². The van der Waals surface area contributed by atoms with Crippen LogP contribution in [0, 0.1) is 0 Å². The second kappa shape index (κ2) is 8.21. The fraction of sp³-hybridized carbons (Fsp3) is 0.176. The molecule has 2 aromatic rings. The van der Waals surface area contributed by atoms with Crippen LogP contribution in [0.3, 0.4) is 0 Å². The molecule has 0 aliphatic carbocycles. The van der Waals surface area contributed by atoms with Gasteiger partial charge < -0.3 is 19.5 Å².